The minimum absolute atomic E-state index is 0.274. The van der Waals surface area contributed by atoms with Crippen LogP contribution in [0.2, 0.25) is 0 Å². The number of imidazole rings is 1. The number of alkyl halides is 3. The molecular formula is C12H13F3N4. The molecule has 4 N–H and O–H groups in total. The van der Waals surface area contributed by atoms with Crippen molar-refractivity contribution in [2.24, 2.45) is 0 Å². The molecule has 19 heavy (non-hydrogen) atoms. The minimum atomic E-state index is -4.44. The topological polar surface area (TPSA) is 66.7 Å². The lowest BCUT2D eigenvalue weighted by atomic mass is 10.1. The fourth-order valence-corrected chi connectivity index (χ4v) is 1.67. The summed E-state index contributed by atoms with van der Waals surface area (Å²) in [7, 11) is 0. The summed E-state index contributed by atoms with van der Waals surface area (Å²) in [5.41, 5.74) is 4.60. The van der Waals surface area contributed by atoms with Crippen LogP contribution in [0.25, 0.3) is 0 Å². The first-order valence-corrected chi connectivity index (χ1v) is 5.65. The van der Waals surface area contributed by atoms with Crippen molar-refractivity contribution < 1.29 is 13.2 Å². The number of nitrogens with zero attached hydrogens (tertiary/aromatic N) is 1. The van der Waals surface area contributed by atoms with E-state index < -0.39 is 11.7 Å². The zero-order valence-corrected chi connectivity index (χ0v) is 9.96. The Balaban J connectivity index is 2.01. The molecule has 1 aromatic heterocycles. The first-order valence-electron chi connectivity index (χ1n) is 5.65. The number of nitrogens with two attached hydrogens (primary N) is 1. The van der Waals surface area contributed by atoms with Crippen LogP contribution in [0.5, 0.6) is 0 Å². The van der Waals surface area contributed by atoms with E-state index in [1.807, 2.05) is 0 Å². The second kappa shape index (κ2) is 5.21. The van der Waals surface area contributed by atoms with Crippen molar-refractivity contribution in [1.82, 2.24) is 9.97 Å². The number of anilines is 2. The van der Waals surface area contributed by atoms with Gasteiger partial charge in [0.1, 0.15) is 5.82 Å². The molecular weight excluding hydrogens is 257 g/mol. The number of hydrogen-bond donors (Lipinski definition) is 3. The lowest BCUT2D eigenvalue weighted by Gasteiger charge is -2.12. The van der Waals surface area contributed by atoms with Crippen molar-refractivity contribution in [2.75, 3.05) is 17.6 Å². The summed E-state index contributed by atoms with van der Waals surface area (Å²) in [5.74, 6) is 0.777. The van der Waals surface area contributed by atoms with Gasteiger partial charge in [-0.1, -0.05) is 0 Å². The van der Waals surface area contributed by atoms with E-state index in [1.165, 1.54) is 12.1 Å². The molecule has 2 rings (SSSR count). The average Bonchev–Trinajstić information content (AvgIpc) is 2.83. The van der Waals surface area contributed by atoms with Gasteiger partial charge in [-0.05, 0) is 18.2 Å². The normalized spacial score (nSPS) is 11.5. The number of rotatable bonds is 4. The zero-order chi connectivity index (χ0) is 13.9. The van der Waals surface area contributed by atoms with Crippen molar-refractivity contribution in [2.45, 2.75) is 12.6 Å². The molecule has 0 aliphatic rings. The van der Waals surface area contributed by atoms with E-state index in [9.17, 15) is 13.2 Å². The Labute approximate surface area is 107 Å². The highest BCUT2D eigenvalue weighted by Gasteiger charge is 2.33. The molecule has 102 valence electrons. The van der Waals surface area contributed by atoms with Crippen LogP contribution in [-0.4, -0.2) is 16.5 Å². The van der Waals surface area contributed by atoms with Gasteiger partial charge in [-0.2, -0.15) is 13.2 Å². The molecule has 0 amide bonds. The van der Waals surface area contributed by atoms with E-state index >= 15 is 0 Å². The Hall–Kier alpha value is -2.18. The van der Waals surface area contributed by atoms with Gasteiger partial charge in [-0.15, -0.1) is 0 Å². The Morgan fingerprint density at radius 2 is 2.11 bits per heavy atom. The minimum Gasteiger partial charge on any atom is -0.398 e. The average molecular weight is 270 g/mol. The molecule has 0 fully saturated rings. The third-order valence-corrected chi connectivity index (χ3v) is 2.60. The molecule has 0 unspecified atom stereocenters. The molecule has 4 nitrogen and oxygen atoms in total. The Bertz CT molecular complexity index is 534. The van der Waals surface area contributed by atoms with Gasteiger partial charge in [0.25, 0.3) is 0 Å². The van der Waals surface area contributed by atoms with Gasteiger partial charge in [0.15, 0.2) is 0 Å². The largest absolute Gasteiger partial charge is 0.418 e. The van der Waals surface area contributed by atoms with Crippen molar-refractivity contribution in [3.63, 3.8) is 0 Å². The summed E-state index contributed by atoms with van der Waals surface area (Å²) >= 11 is 0. The van der Waals surface area contributed by atoms with E-state index in [0.717, 1.165) is 11.9 Å². The summed E-state index contributed by atoms with van der Waals surface area (Å²) < 4.78 is 38.0. The monoisotopic (exact) mass is 270 g/mol. The van der Waals surface area contributed by atoms with E-state index in [4.69, 9.17) is 5.73 Å². The number of nitrogen functional groups attached to an aromatic ring is 1. The lowest BCUT2D eigenvalue weighted by molar-refractivity contribution is -0.136. The molecule has 0 aliphatic heterocycles. The molecule has 0 saturated heterocycles. The standard InChI is InChI=1S/C12H13F3N4/c13-12(14,15)9-7-8(1-2-10(9)16)17-4-3-11-18-5-6-19-11/h1-2,5-7,17H,3-4,16H2,(H,18,19). The van der Waals surface area contributed by atoms with Gasteiger partial charge in [0.05, 0.1) is 5.56 Å². The van der Waals surface area contributed by atoms with Crippen molar-refractivity contribution >= 4 is 11.4 Å². The lowest BCUT2D eigenvalue weighted by Crippen LogP contribution is -2.11. The second-order valence-electron chi connectivity index (χ2n) is 4.01. The van der Waals surface area contributed by atoms with E-state index in [0.29, 0.717) is 18.7 Å². The zero-order valence-electron chi connectivity index (χ0n) is 9.96. The van der Waals surface area contributed by atoms with E-state index in [2.05, 4.69) is 15.3 Å². The number of aromatic amines is 1. The number of halogens is 3. The number of benzene rings is 1. The SMILES string of the molecule is Nc1ccc(NCCc2ncc[nH]2)cc1C(F)(F)F. The van der Waals surface area contributed by atoms with E-state index in [1.54, 1.807) is 12.4 Å². The summed E-state index contributed by atoms with van der Waals surface area (Å²) in [6.07, 6.45) is -0.526. The van der Waals surface area contributed by atoms with Gasteiger partial charge < -0.3 is 16.0 Å². The summed E-state index contributed by atoms with van der Waals surface area (Å²) in [6, 6.07) is 3.78. The van der Waals surface area contributed by atoms with Crippen LogP contribution in [-0.2, 0) is 12.6 Å². The van der Waals surface area contributed by atoms with Crippen LogP contribution < -0.4 is 11.1 Å². The predicted molar refractivity (Wildman–Crippen MR) is 66.6 cm³/mol. The van der Waals surface area contributed by atoms with Crippen LogP contribution in [0.4, 0.5) is 24.5 Å². The summed E-state index contributed by atoms with van der Waals surface area (Å²) in [6.45, 7) is 0.481. The van der Waals surface area contributed by atoms with Gasteiger partial charge in [0, 0.05) is 36.7 Å². The highest BCUT2D eigenvalue weighted by Crippen LogP contribution is 2.35. The first kappa shape index (κ1) is 13.3. The van der Waals surface area contributed by atoms with Crippen molar-refractivity contribution in [1.29, 1.82) is 0 Å². The smallest absolute Gasteiger partial charge is 0.398 e. The van der Waals surface area contributed by atoms with Crippen LogP contribution in [0.1, 0.15) is 11.4 Å². The number of aromatic nitrogens is 2. The first-order chi connectivity index (χ1) is 8.97. The third-order valence-electron chi connectivity index (χ3n) is 2.60. The molecule has 2 aromatic rings. The number of hydrogen-bond acceptors (Lipinski definition) is 3. The van der Waals surface area contributed by atoms with E-state index in [-0.39, 0.29) is 5.69 Å². The highest BCUT2D eigenvalue weighted by atomic mass is 19.4. The summed E-state index contributed by atoms with van der Waals surface area (Å²) in [5, 5.41) is 2.91. The molecule has 0 radical (unpaired) electrons. The Kier molecular flexibility index (Phi) is 3.64. The number of H-pyrrole nitrogens is 1. The van der Waals surface area contributed by atoms with Crippen LogP contribution >= 0.6 is 0 Å². The van der Waals surface area contributed by atoms with Gasteiger partial charge >= 0.3 is 6.18 Å². The highest BCUT2D eigenvalue weighted by molar-refractivity contribution is 5.58. The van der Waals surface area contributed by atoms with Gasteiger partial charge in [-0.25, -0.2) is 4.98 Å². The molecule has 0 spiro atoms. The maximum absolute atomic E-state index is 12.7. The Morgan fingerprint density at radius 3 is 2.74 bits per heavy atom. The Morgan fingerprint density at radius 1 is 1.32 bits per heavy atom. The van der Waals surface area contributed by atoms with Gasteiger partial charge in [-0.3, -0.25) is 0 Å². The molecule has 0 saturated carbocycles. The van der Waals surface area contributed by atoms with Crippen LogP contribution in [0.3, 0.4) is 0 Å². The molecule has 1 heterocycles. The third kappa shape index (κ3) is 3.40. The van der Waals surface area contributed by atoms with Gasteiger partial charge in [0.2, 0.25) is 0 Å². The maximum atomic E-state index is 12.7. The van der Waals surface area contributed by atoms with Crippen molar-refractivity contribution in [3.05, 3.63) is 42.0 Å². The molecule has 0 aliphatic carbocycles. The quantitative estimate of drug-likeness (QED) is 0.748. The second-order valence-corrected chi connectivity index (χ2v) is 4.01. The van der Waals surface area contributed by atoms with Crippen molar-refractivity contribution in [3.8, 4) is 0 Å². The molecule has 7 heteroatoms. The molecule has 1 aromatic carbocycles. The fraction of sp³-hybridized carbons (Fsp3) is 0.250. The van der Waals surface area contributed by atoms with Crippen LogP contribution in [0, 0.1) is 0 Å². The molecule has 0 bridgehead atoms. The maximum Gasteiger partial charge on any atom is 0.418 e. The fourth-order valence-electron chi connectivity index (χ4n) is 1.67. The molecule has 0 atom stereocenters. The number of nitrogens with one attached hydrogen (secondary N) is 2. The summed E-state index contributed by atoms with van der Waals surface area (Å²) in [4.78, 5) is 6.94. The van der Waals surface area contributed by atoms with Crippen LogP contribution in [0.15, 0.2) is 30.6 Å². The predicted octanol–water partition coefficient (Wildman–Crippen LogP) is 2.67.